The van der Waals surface area contributed by atoms with Crippen LogP contribution in [0.3, 0.4) is 0 Å². The first kappa shape index (κ1) is 16.1. The summed E-state index contributed by atoms with van der Waals surface area (Å²) in [5.41, 5.74) is 0.302. The molecular formula is C15H16ClF3N4. The molecule has 4 nitrogen and oxygen atoms in total. The lowest BCUT2D eigenvalue weighted by atomic mass is 9.92. The highest BCUT2D eigenvalue weighted by Gasteiger charge is 2.34. The van der Waals surface area contributed by atoms with Crippen molar-refractivity contribution in [1.82, 2.24) is 14.8 Å². The molecule has 1 fully saturated rings. The molecule has 124 valence electrons. The number of hydrogen-bond acceptors (Lipinski definition) is 3. The van der Waals surface area contributed by atoms with Gasteiger partial charge >= 0.3 is 0 Å². The van der Waals surface area contributed by atoms with Gasteiger partial charge in [-0.3, -0.25) is 0 Å². The van der Waals surface area contributed by atoms with Gasteiger partial charge in [-0.2, -0.15) is 5.10 Å². The van der Waals surface area contributed by atoms with E-state index in [1.54, 1.807) is 24.4 Å². The van der Waals surface area contributed by atoms with Crippen LogP contribution in [0.5, 0.6) is 0 Å². The zero-order chi connectivity index (χ0) is 16.4. The van der Waals surface area contributed by atoms with Crippen LogP contribution in [-0.4, -0.2) is 26.7 Å². The lowest BCUT2D eigenvalue weighted by molar-refractivity contribution is -0.0361. The van der Waals surface area contributed by atoms with Crippen molar-refractivity contribution in [3.8, 4) is 5.82 Å². The van der Waals surface area contributed by atoms with Crippen LogP contribution in [-0.2, 0) is 6.67 Å². The fourth-order valence-electron chi connectivity index (χ4n) is 2.63. The van der Waals surface area contributed by atoms with Gasteiger partial charge in [0.25, 0.3) is 0 Å². The first-order valence-electron chi connectivity index (χ1n) is 7.38. The van der Waals surface area contributed by atoms with Crippen LogP contribution in [0.15, 0.2) is 24.4 Å². The summed E-state index contributed by atoms with van der Waals surface area (Å²) in [6, 6.07) is 4.74. The van der Waals surface area contributed by atoms with Gasteiger partial charge in [0.05, 0.1) is 5.69 Å². The summed E-state index contributed by atoms with van der Waals surface area (Å²) in [4.78, 5) is 4.38. The summed E-state index contributed by atoms with van der Waals surface area (Å²) < 4.78 is 40.4. The van der Waals surface area contributed by atoms with Crippen LogP contribution < -0.4 is 5.32 Å². The second-order valence-corrected chi connectivity index (χ2v) is 6.13. The van der Waals surface area contributed by atoms with E-state index in [0.29, 0.717) is 35.2 Å². The van der Waals surface area contributed by atoms with Gasteiger partial charge in [0, 0.05) is 36.2 Å². The van der Waals surface area contributed by atoms with Crippen molar-refractivity contribution in [2.24, 2.45) is 0 Å². The second kappa shape index (κ2) is 6.39. The minimum absolute atomic E-state index is 0.0625. The largest absolute Gasteiger partial charge is 0.367 e. The molecule has 2 aromatic heterocycles. The molecule has 2 heterocycles. The molecule has 1 aliphatic rings. The number of halogens is 4. The van der Waals surface area contributed by atoms with Crippen LogP contribution in [0, 0.1) is 0 Å². The van der Waals surface area contributed by atoms with Crippen molar-refractivity contribution in [2.45, 2.75) is 44.3 Å². The third-order valence-electron chi connectivity index (χ3n) is 3.86. The van der Waals surface area contributed by atoms with Crippen molar-refractivity contribution in [2.75, 3.05) is 5.32 Å². The maximum Gasteiger partial charge on any atom is 0.248 e. The van der Waals surface area contributed by atoms with Gasteiger partial charge in [-0.25, -0.2) is 22.8 Å². The Morgan fingerprint density at radius 2 is 2.04 bits per heavy atom. The monoisotopic (exact) mass is 344 g/mol. The van der Waals surface area contributed by atoms with E-state index in [1.807, 2.05) is 0 Å². The third-order valence-corrected chi connectivity index (χ3v) is 4.08. The topological polar surface area (TPSA) is 42.7 Å². The number of anilines is 1. The molecule has 0 aliphatic heterocycles. The molecule has 0 unspecified atom stereocenters. The molecule has 3 rings (SSSR count). The molecule has 0 spiro atoms. The van der Waals surface area contributed by atoms with Gasteiger partial charge in [-0.1, -0.05) is 11.6 Å². The van der Waals surface area contributed by atoms with Gasteiger partial charge in [0.2, 0.25) is 5.92 Å². The molecular weight excluding hydrogens is 329 g/mol. The van der Waals surface area contributed by atoms with E-state index in [0.717, 1.165) is 0 Å². The first-order valence-corrected chi connectivity index (χ1v) is 7.76. The predicted octanol–water partition coefficient (Wildman–Crippen LogP) is 4.38. The van der Waals surface area contributed by atoms with E-state index in [-0.39, 0.29) is 18.9 Å². The van der Waals surface area contributed by atoms with E-state index >= 15 is 0 Å². The zero-order valence-corrected chi connectivity index (χ0v) is 13.0. The molecule has 1 N–H and O–H groups in total. The maximum atomic E-state index is 13.2. The van der Waals surface area contributed by atoms with Gasteiger partial charge in [0.15, 0.2) is 5.82 Å². The average Bonchev–Trinajstić information content (AvgIpc) is 2.98. The Morgan fingerprint density at radius 1 is 1.30 bits per heavy atom. The van der Waals surface area contributed by atoms with Gasteiger partial charge in [-0.05, 0) is 25.0 Å². The standard InChI is InChI=1S/C15H16ClF3N4/c16-10-7-13(20-11-1-4-15(18,19)5-2-11)21-14(8-10)23-6-3-12(9-17)22-23/h3,6-8,11H,1-2,4-5,9H2,(H,20,21). The summed E-state index contributed by atoms with van der Waals surface area (Å²) in [5, 5.41) is 7.63. The SMILES string of the molecule is FCc1ccn(-c2cc(Cl)cc(NC3CCC(F)(F)CC3)n2)n1. The maximum absolute atomic E-state index is 13.2. The molecule has 23 heavy (non-hydrogen) atoms. The molecule has 0 atom stereocenters. The highest BCUT2D eigenvalue weighted by molar-refractivity contribution is 6.30. The molecule has 0 radical (unpaired) electrons. The molecule has 8 heteroatoms. The lowest BCUT2D eigenvalue weighted by Gasteiger charge is -2.29. The van der Waals surface area contributed by atoms with Crippen molar-refractivity contribution in [1.29, 1.82) is 0 Å². The fraction of sp³-hybridized carbons (Fsp3) is 0.467. The fourth-order valence-corrected chi connectivity index (χ4v) is 2.83. The summed E-state index contributed by atoms with van der Waals surface area (Å²) in [6.45, 7) is -0.658. The van der Waals surface area contributed by atoms with Gasteiger partial charge in [-0.15, -0.1) is 0 Å². The van der Waals surface area contributed by atoms with Crippen LogP contribution in [0.2, 0.25) is 5.02 Å². The van der Waals surface area contributed by atoms with Crippen molar-refractivity contribution < 1.29 is 13.2 Å². The Morgan fingerprint density at radius 3 is 2.70 bits per heavy atom. The summed E-state index contributed by atoms with van der Waals surface area (Å²) >= 11 is 6.09. The van der Waals surface area contributed by atoms with Crippen LogP contribution in [0.25, 0.3) is 5.82 Å². The van der Waals surface area contributed by atoms with E-state index in [2.05, 4.69) is 15.4 Å². The lowest BCUT2D eigenvalue weighted by Crippen LogP contribution is -2.32. The predicted molar refractivity (Wildman–Crippen MR) is 82.0 cm³/mol. The van der Waals surface area contributed by atoms with Crippen molar-refractivity contribution >= 4 is 17.4 Å². The second-order valence-electron chi connectivity index (χ2n) is 5.69. The molecule has 1 saturated carbocycles. The molecule has 1 aliphatic carbocycles. The van der Waals surface area contributed by atoms with Crippen LogP contribution in [0.1, 0.15) is 31.4 Å². The Bertz CT molecular complexity index is 679. The summed E-state index contributed by atoms with van der Waals surface area (Å²) in [6.07, 6.45) is 2.10. The summed E-state index contributed by atoms with van der Waals surface area (Å²) in [5.74, 6) is -1.62. The highest BCUT2D eigenvalue weighted by atomic mass is 35.5. The van der Waals surface area contributed by atoms with Crippen LogP contribution >= 0.6 is 11.6 Å². The Labute approximate surface area is 136 Å². The Kier molecular flexibility index (Phi) is 4.48. The molecule has 0 aromatic carbocycles. The number of nitrogens with one attached hydrogen (secondary N) is 1. The summed E-state index contributed by atoms with van der Waals surface area (Å²) in [7, 11) is 0. The van der Waals surface area contributed by atoms with E-state index < -0.39 is 12.6 Å². The van der Waals surface area contributed by atoms with Gasteiger partial charge in [0.1, 0.15) is 12.5 Å². The number of hydrogen-bond donors (Lipinski definition) is 1. The number of nitrogens with zero attached hydrogens (tertiary/aromatic N) is 3. The first-order chi connectivity index (χ1) is 10.9. The third kappa shape index (κ3) is 3.96. The quantitative estimate of drug-likeness (QED) is 0.895. The zero-order valence-electron chi connectivity index (χ0n) is 12.3. The minimum Gasteiger partial charge on any atom is -0.367 e. The molecule has 2 aromatic rings. The van der Waals surface area contributed by atoms with E-state index in [4.69, 9.17) is 11.6 Å². The van der Waals surface area contributed by atoms with E-state index in [1.165, 1.54) is 4.68 Å². The Balaban J connectivity index is 1.75. The Hall–Kier alpha value is -1.76. The smallest absolute Gasteiger partial charge is 0.248 e. The van der Waals surface area contributed by atoms with Crippen molar-refractivity contribution in [3.63, 3.8) is 0 Å². The number of pyridine rings is 1. The van der Waals surface area contributed by atoms with Crippen molar-refractivity contribution in [3.05, 3.63) is 35.1 Å². The molecule has 0 amide bonds. The normalized spacial score (nSPS) is 18.1. The van der Waals surface area contributed by atoms with Gasteiger partial charge < -0.3 is 5.32 Å². The average molecular weight is 345 g/mol. The molecule has 0 bridgehead atoms. The molecule has 0 saturated heterocycles. The highest BCUT2D eigenvalue weighted by Crippen LogP contribution is 2.34. The van der Waals surface area contributed by atoms with E-state index in [9.17, 15) is 13.2 Å². The van der Waals surface area contributed by atoms with Crippen LogP contribution in [0.4, 0.5) is 19.0 Å². The number of rotatable bonds is 4. The number of aromatic nitrogens is 3. The number of alkyl halides is 3. The minimum atomic E-state index is -2.57.